The summed E-state index contributed by atoms with van der Waals surface area (Å²) in [6.07, 6.45) is 7.73. The smallest absolute Gasteiger partial charge is 0.319 e. The fourth-order valence-electron chi connectivity index (χ4n) is 1.31. The van der Waals surface area contributed by atoms with E-state index in [4.69, 9.17) is 5.11 Å². The molecule has 13 heavy (non-hydrogen) atoms. The van der Waals surface area contributed by atoms with Crippen molar-refractivity contribution in [3.8, 4) is 0 Å². The van der Waals surface area contributed by atoms with E-state index in [1.165, 1.54) is 6.42 Å². The maximum atomic E-state index is 10.8. The van der Waals surface area contributed by atoms with Crippen LogP contribution in [0.3, 0.4) is 0 Å². The van der Waals surface area contributed by atoms with Crippen LogP contribution in [-0.2, 0) is 4.79 Å². The molecule has 0 aromatic rings. The predicted octanol–water partition coefficient (Wildman–Crippen LogP) is 2.69. The van der Waals surface area contributed by atoms with E-state index in [1.807, 2.05) is 0 Å². The van der Waals surface area contributed by atoms with Gasteiger partial charge in [0.15, 0.2) is 0 Å². The van der Waals surface area contributed by atoms with Crippen LogP contribution in [0.2, 0.25) is 0 Å². The second kappa shape index (κ2) is 4.18. The summed E-state index contributed by atoms with van der Waals surface area (Å²) in [4.78, 5) is 10.8. The Morgan fingerprint density at radius 1 is 1.62 bits per heavy atom. The molecular formula is C10H16O2S. The standard InChI is InChI=1S/C10H16O2S/c1-10(2,9(11)12)13-8-6-4-3-5-7-8/h4,6,8H,3,5,7H2,1-2H3,(H,11,12). The highest BCUT2D eigenvalue weighted by molar-refractivity contribution is 8.02. The number of carboxylic acids is 1. The van der Waals surface area contributed by atoms with Crippen LogP contribution in [0.1, 0.15) is 33.1 Å². The zero-order chi connectivity index (χ0) is 9.90. The Labute approximate surface area is 83.4 Å². The predicted molar refractivity (Wildman–Crippen MR) is 56.1 cm³/mol. The van der Waals surface area contributed by atoms with Crippen LogP contribution in [0.25, 0.3) is 0 Å². The Balaban J connectivity index is 2.51. The lowest BCUT2D eigenvalue weighted by molar-refractivity contribution is -0.138. The molecule has 1 rings (SSSR count). The lowest BCUT2D eigenvalue weighted by Crippen LogP contribution is -2.30. The maximum absolute atomic E-state index is 10.8. The van der Waals surface area contributed by atoms with Crippen molar-refractivity contribution in [2.24, 2.45) is 0 Å². The minimum atomic E-state index is -0.725. The van der Waals surface area contributed by atoms with Crippen molar-refractivity contribution in [3.63, 3.8) is 0 Å². The van der Waals surface area contributed by atoms with Crippen molar-refractivity contribution in [1.29, 1.82) is 0 Å². The molecule has 3 heteroatoms. The van der Waals surface area contributed by atoms with Crippen LogP contribution >= 0.6 is 11.8 Å². The van der Waals surface area contributed by atoms with Crippen molar-refractivity contribution >= 4 is 17.7 Å². The van der Waals surface area contributed by atoms with E-state index >= 15 is 0 Å². The summed E-state index contributed by atoms with van der Waals surface area (Å²) in [5, 5.41) is 9.32. The largest absolute Gasteiger partial charge is 0.480 e. The second-order valence-corrected chi connectivity index (χ2v) is 5.69. The average molecular weight is 200 g/mol. The summed E-state index contributed by atoms with van der Waals surface area (Å²) < 4.78 is -0.660. The molecule has 0 radical (unpaired) electrons. The van der Waals surface area contributed by atoms with Crippen LogP contribution in [0.15, 0.2) is 12.2 Å². The van der Waals surface area contributed by atoms with Gasteiger partial charge >= 0.3 is 5.97 Å². The summed E-state index contributed by atoms with van der Waals surface area (Å²) in [6, 6.07) is 0. The summed E-state index contributed by atoms with van der Waals surface area (Å²) in [5.41, 5.74) is 0. The van der Waals surface area contributed by atoms with Gasteiger partial charge in [0.25, 0.3) is 0 Å². The van der Waals surface area contributed by atoms with Gasteiger partial charge in [0.2, 0.25) is 0 Å². The number of rotatable bonds is 3. The number of aliphatic carboxylic acids is 1. The fraction of sp³-hybridized carbons (Fsp3) is 0.700. The van der Waals surface area contributed by atoms with Crippen molar-refractivity contribution in [1.82, 2.24) is 0 Å². The molecule has 0 bridgehead atoms. The SMILES string of the molecule is CC(C)(SC1C=CCCC1)C(=O)O. The molecular weight excluding hydrogens is 184 g/mol. The van der Waals surface area contributed by atoms with Gasteiger partial charge in [-0.3, -0.25) is 4.79 Å². The minimum Gasteiger partial charge on any atom is -0.480 e. The number of allylic oxidation sites excluding steroid dienone is 1. The molecule has 0 saturated heterocycles. The van der Waals surface area contributed by atoms with Gasteiger partial charge in [-0.15, -0.1) is 11.8 Å². The van der Waals surface area contributed by atoms with Crippen LogP contribution in [0.5, 0.6) is 0 Å². The molecule has 0 fully saturated rings. The van der Waals surface area contributed by atoms with E-state index in [1.54, 1.807) is 25.6 Å². The number of thioether (sulfide) groups is 1. The molecule has 2 nitrogen and oxygen atoms in total. The Kier molecular flexibility index (Phi) is 3.42. The summed E-state index contributed by atoms with van der Waals surface area (Å²) in [6.45, 7) is 3.53. The lowest BCUT2D eigenvalue weighted by Gasteiger charge is -2.25. The average Bonchev–Trinajstić information content (AvgIpc) is 2.05. The van der Waals surface area contributed by atoms with E-state index in [-0.39, 0.29) is 0 Å². The zero-order valence-corrected chi connectivity index (χ0v) is 8.93. The third-order valence-corrected chi connectivity index (χ3v) is 3.63. The van der Waals surface area contributed by atoms with Crippen molar-refractivity contribution < 1.29 is 9.90 Å². The quantitative estimate of drug-likeness (QED) is 0.712. The minimum absolute atomic E-state index is 0.389. The highest BCUT2D eigenvalue weighted by Gasteiger charge is 2.30. The van der Waals surface area contributed by atoms with Gasteiger partial charge in [-0.05, 0) is 33.1 Å². The molecule has 0 heterocycles. The first-order valence-corrected chi connectivity index (χ1v) is 5.48. The van der Waals surface area contributed by atoms with Crippen molar-refractivity contribution in [2.45, 2.75) is 43.1 Å². The first-order chi connectivity index (χ1) is 6.02. The molecule has 0 spiro atoms. The molecule has 1 unspecified atom stereocenters. The molecule has 0 amide bonds. The van der Waals surface area contributed by atoms with Gasteiger partial charge < -0.3 is 5.11 Å². The van der Waals surface area contributed by atoms with Gasteiger partial charge in [-0.1, -0.05) is 12.2 Å². The first-order valence-electron chi connectivity index (χ1n) is 4.60. The Morgan fingerprint density at radius 3 is 2.77 bits per heavy atom. The van der Waals surface area contributed by atoms with Gasteiger partial charge in [0, 0.05) is 5.25 Å². The summed E-state index contributed by atoms with van der Waals surface area (Å²) >= 11 is 1.54. The van der Waals surface area contributed by atoms with Crippen LogP contribution in [-0.4, -0.2) is 21.1 Å². The number of hydrogen-bond donors (Lipinski definition) is 1. The Bertz CT molecular complexity index is 221. The number of carboxylic acid groups (broad SMARTS) is 1. The summed E-state index contributed by atoms with van der Waals surface area (Å²) in [5.74, 6) is -0.725. The van der Waals surface area contributed by atoms with Crippen molar-refractivity contribution in [2.75, 3.05) is 0 Å². The Hall–Kier alpha value is -0.440. The van der Waals surface area contributed by atoms with Crippen molar-refractivity contribution in [3.05, 3.63) is 12.2 Å². The Morgan fingerprint density at radius 2 is 2.31 bits per heavy atom. The molecule has 1 aliphatic rings. The fourth-order valence-corrected chi connectivity index (χ4v) is 2.64. The summed E-state index contributed by atoms with van der Waals surface area (Å²) in [7, 11) is 0. The molecule has 0 saturated carbocycles. The monoisotopic (exact) mass is 200 g/mol. The maximum Gasteiger partial charge on any atom is 0.319 e. The van der Waals surface area contributed by atoms with Gasteiger partial charge in [0.1, 0.15) is 4.75 Å². The van der Waals surface area contributed by atoms with Gasteiger partial charge in [-0.2, -0.15) is 0 Å². The molecule has 0 aromatic heterocycles. The molecule has 1 aliphatic carbocycles. The molecule has 0 aromatic carbocycles. The van der Waals surface area contributed by atoms with Gasteiger partial charge in [0.05, 0.1) is 0 Å². The molecule has 74 valence electrons. The zero-order valence-electron chi connectivity index (χ0n) is 8.12. The number of carbonyl (C=O) groups is 1. The first kappa shape index (κ1) is 10.6. The van der Waals surface area contributed by atoms with E-state index in [2.05, 4.69) is 12.2 Å². The van der Waals surface area contributed by atoms with E-state index < -0.39 is 10.7 Å². The topological polar surface area (TPSA) is 37.3 Å². The normalized spacial score (nSPS) is 23.1. The molecule has 1 N–H and O–H groups in total. The third-order valence-electron chi connectivity index (χ3n) is 2.17. The van der Waals surface area contributed by atoms with E-state index in [0.29, 0.717) is 5.25 Å². The second-order valence-electron chi connectivity index (χ2n) is 3.83. The highest BCUT2D eigenvalue weighted by Crippen LogP contribution is 2.33. The van der Waals surface area contributed by atoms with Crippen LogP contribution in [0, 0.1) is 0 Å². The lowest BCUT2D eigenvalue weighted by atomic mass is 10.1. The van der Waals surface area contributed by atoms with Crippen LogP contribution in [0.4, 0.5) is 0 Å². The van der Waals surface area contributed by atoms with Crippen LogP contribution < -0.4 is 0 Å². The number of hydrogen-bond acceptors (Lipinski definition) is 2. The molecule has 0 aliphatic heterocycles. The highest BCUT2D eigenvalue weighted by atomic mass is 32.2. The van der Waals surface area contributed by atoms with E-state index in [9.17, 15) is 4.79 Å². The third kappa shape index (κ3) is 3.07. The van der Waals surface area contributed by atoms with Gasteiger partial charge in [-0.25, -0.2) is 0 Å². The molecule has 1 atom stereocenters. The van der Waals surface area contributed by atoms with E-state index in [0.717, 1.165) is 12.8 Å².